The average Bonchev–Trinajstić information content (AvgIpc) is 2.38. The van der Waals surface area contributed by atoms with E-state index in [-0.39, 0.29) is 17.8 Å². The average molecular weight is 252 g/mol. The summed E-state index contributed by atoms with van der Waals surface area (Å²) in [5.41, 5.74) is 0.783. The highest BCUT2D eigenvalue weighted by Crippen LogP contribution is 2.10. The number of pyridine rings is 1. The summed E-state index contributed by atoms with van der Waals surface area (Å²) in [5, 5.41) is 5.84. The molecule has 2 rings (SSSR count). The fraction of sp³-hybridized carbons (Fsp3) is 0.500. The Bertz CT molecular complexity index is 426. The molecule has 0 aliphatic carbocycles. The van der Waals surface area contributed by atoms with Crippen molar-refractivity contribution in [1.82, 2.24) is 20.5 Å². The topological polar surface area (TPSA) is 57.3 Å². The number of likely N-dealkylation sites (N-methyl/N-ethyl adjacent to an activating group) is 1. The van der Waals surface area contributed by atoms with Crippen LogP contribution in [0, 0.1) is 5.82 Å². The first-order valence-corrected chi connectivity index (χ1v) is 5.96. The molecule has 0 spiro atoms. The second-order valence-corrected chi connectivity index (χ2v) is 4.32. The van der Waals surface area contributed by atoms with Gasteiger partial charge in [-0.1, -0.05) is 0 Å². The third kappa shape index (κ3) is 3.02. The number of hydrogen-bond donors (Lipinski definition) is 2. The lowest BCUT2D eigenvalue weighted by Gasteiger charge is -2.34. The summed E-state index contributed by atoms with van der Waals surface area (Å²) in [6.45, 7) is 2.73. The molecule has 1 aliphatic heterocycles. The van der Waals surface area contributed by atoms with Crippen molar-refractivity contribution in [2.24, 2.45) is 0 Å². The molecule has 2 N–H and O–H groups in total. The minimum absolute atomic E-state index is 0.0217. The molecule has 1 aliphatic rings. The zero-order valence-electron chi connectivity index (χ0n) is 10.3. The number of nitrogens with one attached hydrogen (secondary N) is 2. The molecule has 0 radical (unpaired) electrons. The van der Waals surface area contributed by atoms with Gasteiger partial charge < -0.3 is 10.6 Å². The van der Waals surface area contributed by atoms with Crippen molar-refractivity contribution >= 4 is 5.91 Å². The maximum atomic E-state index is 13.1. The molecule has 5 nitrogen and oxygen atoms in total. The maximum absolute atomic E-state index is 13.1. The number of carbonyl (C=O) groups is 1. The van der Waals surface area contributed by atoms with Gasteiger partial charge in [-0.25, -0.2) is 4.39 Å². The van der Waals surface area contributed by atoms with E-state index < -0.39 is 0 Å². The van der Waals surface area contributed by atoms with E-state index in [2.05, 4.69) is 15.6 Å². The highest BCUT2D eigenvalue weighted by molar-refractivity contribution is 5.81. The SMILES string of the molecule is CNC(=O)C1CNCCN1Cc1cncc(F)c1. The van der Waals surface area contributed by atoms with E-state index in [1.54, 1.807) is 13.2 Å². The third-order valence-electron chi connectivity index (χ3n) is 3.05. The molecule has 1 fully saturated rings. The van der Waals surface area contributed by atoms with Crippen LogP contribution in [0.2, 0.25) is 0 Å². The molecule has 1 aromatic heterocycles. The summed E-state index contributed by atoms with van der Waals surface area (Å²) < 4.78 is 13.1. The molecule has 1 atom stereocenters. The van der Waals surface area contributed by atoms with Crippen LogP contribution in [0.3, 0.4) is 0 Å². The van der Waals surface area contributed by atoms with Crippen LogP contribution in [0.15, 0.2) is 18.5 Å². The van der Waals surface area contributed by atoms with Gasteiger partial charge in [-0.3, -0.25) is 14.7 Å². The zero-order valence-corrected chi connectivity index (χ0v) is 10.3. The summed E-state index contributed by atoms with van der Waals surface area (Å²) >= 11 is 0. The minimum Gasteiger partial charge on any atom is -0.358 e. The predicted octanol–water partition coefficient (Wildman–Crippen LogP) is -0.259. The molecule has 2 heterocycles. The lowest BCUT2D eigenvalue weighted by atomic mass is 10.1. The maximum Gasteiger partial charge on any atom is 0.238 e. The number of halogens is 1. The molecular weight excluding hydrogens is 235 g/mol. The molecule has 98 valence electrons. The first kappa shape index (κ1) is 12.9. The third-order valence-corrected chi connectivity index (χ3v) is 3.05. The van der Waals surface area contributed by atoms with Crippen LogP contribution in [0.5, 0.6) is 0 Å². The standard InChI is InChI=1S/C12H17FN4O/c1-14-12(18)11-7-15-2-3-17(11)8-9-4-10(13)6-16-5-9/h4-6,11,15H,2-3,7-8H2,1H3,(H,14,18). The van der Waals surface area contributed by atoms with Gasteiger partial charge in [-0.05, 0) is 11.6 Å². The smallest absolute Gasteiger partial charge is 0.238 e. The molecule has 0 saturated carbocycles. The Labute approximate surface area is 105 Å². The van der Waals surface area contributed by atoms with Crippen LogP contribution < -0.4 is 10.6 Å². The van der Waals surface area contributed by atoms with Gasteiger partial charge in [0.25, 0.3) is 0 Å². The molecule has 0 bridgehead atoms. The Morgan fingerprint density at radius 1 is 1.67 bits per heavy atom. The molecule has 6 heteroatoms. The van der Waals surface area contributed by atoms with Crippen LogP contribution in [0.25, 0.3) is 0 Å². The fourth-order valence-corrected chi connectivity index (χ4v) is 2.14. The Morgan fingerprint density at radius 2 is 2.50 bits per heavy atom. The second kappa shape index (κ2) is 5.88. The summed E-state index contributed by atoms with van der Waals surface area (Å²) in [6.07, 6.45) is 2.81. The highest BCUT2D eigenvalue weighted by atomic mass is 19.1. The minimum atomic E-state index is -0.348. The first-order chi connectivity index (χ1) is 8.70. The predicted molar refractivity (Wildman–Crippen MR) is 65.3 cm³/mol. The number of carbonyl (C=O) groups excluding carboxylic acids is 1. The largest absolute Gasteiger partial charge is 0.358 e. The Balaban J connectivity index is 2.07. The van der Waals surface area contributed by atoms with Crippen molar-refractivity contribution in [2.45, 2.75) is 12.6 Å². The van der Waals surface area contributed by atoms with Gasteiger partial charge in [0.15, 0.2) is 0 Å². The number of piperazine rings is 1. The molecule has 1 unspecified atom stereocenters. The fourth-order valence-electron chi connectivity index (χ4n) is 2.14. The Hall–Kier alpha value is -1.53. The van der Waals surface area contributed by atoms with E-state index in [4.69, 9.17) is 0 Å². The second-order valence-electron chi connectivity index (χ2n) is 4.32. The van der Waals surface area contributed by atoms with E-state index in [1.807, 2.05) is 4.90 Å². The van der Waals surface area contributed by atoms with Crippen LogP contribution in [-0.4, -0.2) is 48.5 Å². The van der Waals surface area contributed by atoms with E-state index in [0.29, 0.717) is 13.1 Å². The lowest BCUT2D eigenvalue weighted by Crippen LogP contribution is -2.56. The number of amides is 1. The van der Waals surface area contributed by atoms with Crippen molar-refractivity contribution in [2.75, 3.05) is 26.7 Å². The van der Waals surface area contributed by atoms with Crippen molar-refractivity contribution < 1.29 is 9.18 Å². The van der Waals surface area contributed by atoms with Crippen molar-refractivity contribution in [1.29, 1.82) is 0 Å². The number of nitrogens with zero attached hydrogens (tertiary/aromatic N) is 2. The first-order valence-electron chi connectivity index (χ1n) is 5.96. The van der Waals surface area contributed by atoms with Crippen molar-refractivity contribution in [3.8, 4) is 0 Å². The van der Waals surface area contributed by atoms with Gasteiger partial charge in [0, 0.05) is 39.4 Å². The van der Waals surface area contributed by atoms with Gasteiger partial charge >= 0.3 is 0 Å². The summed E-state index contributed by atoms with van der Waals surface area (Å²) in [5.74, 6) is -0.370. The summed E-state index contributed by atoms with van der Waals surface area (Å²) in [7, 11) is 1.62. The van der Waals surface area contributed by atoms with Crippen LogP contribution in [0.4, 0.5) is 4.39 Å². The molecule has 1 aromatic rings. The van der Waals surface area contributed by atoms with Crippen molar-refractivity contribution in [3.05, 3.63) is 29.8 Å². The molecule has 1 saturated heterocycles. The zero-order chi connectivity index (χ0) is 13.0. The van der Waals surface area contributed by atoms with Crippen molar-refractivity contribution in [3.63, 3.8) is 0 Å². The number of rotatable bonds is 3. The van der Waals surface area contributed by atoms with Crippen LogP contribution in [0.1, 0.15) is 5.56 Å². The van der Waals surface area contributed by atoms with E-state index >= 15 is 0 Å². The Kier molecular flexibility index (Phi) is 4.22. The van der Waals surface area contributed by atoms with Crippen LogP contribution in [-0.2, 0) is 11.3 Å². The van der Waals surface area contributed by atoms with E-state index in [1.165, 1.54) is 12.3 Å². The Morgan fingerprint density at radius 3 is 3.22 bits per heavy atom. The lowest BCUT2D eigenvalue weighted by molar-refractivity contribution is -0.126. The normalized spacial score (nSPS) is 20.7. The molecule has 1 amide bonds. The monoisotopic (exact) mass is 252 g/mol. The van der Waals surface area contributed by atoms with Crippen LogP contribution >= 0.6 is 0 Å². The quantitative estimate of drug-likeness (QED) is 0.778. The molecular formula is C12H17FN4O. The van der Waals surface area contributed by atoms with E-state index in [0.717, 1.165) is 18.7 Å². The van der Waals surface area contributed by atoms with Gasteiger partial charge in [0.05, 0.1) is 6.20 Å². The van der Waals surface area contributed by atoms with Gasteiger partial charge in [-0.15, -0.1) is 0 Å². The molecule has 0 aromatic carbocycles. The number of aromatic nitrogens is 1. The van der Waals surface area contributed by atoms with Gasteiger partial charge in [0.1, 0.15) is 11.9 Å². The summed E-state index contributed by atoms with van der Waals surface area (Å²) in [4.78, 5) is 17.6. The highest BCUT2D eigenvalue weighted by Gasteiger charge is 2.27. The van der Waals surface area contributed by atoms with Gasteiger partial charge in [0.2, 0.25) is 5.91 Å². The van der Waals surface area contributed by atoms with E-state index in [9.17, 15) is 9.18 Å². The van der Waals surface area contributed by atoms with Gasteiger partial charge in [-0.2, -0.15) is 0 Å². The molecule has 18 heavy (non-hydrogen) atoms. The number of hydrogen-bond acceptors (Lipinski definition) is 4. The summed E-state index contributed by atoms with van der Waals surface area (Å²) in [6, 6.07) is 1.24.